The molecule has 3 rings (SSSR count). The minimum atomic E-state index is -0.447. The average Bonchev–Trinajstić information content (AvgIpc) is 2.94. The minimum Gasteiger partial charge on any atom is -0.390 e. The van der Waals surface area contributed by atoms with Crippen LogP contribution < -0.4 is 0 Å². The first-order chi connectivity index (χ1) is 10.4. The maximum atomic E-state index is 11.1. The lowest BCUT2D eigenvalue weighted by molar-refractivity contribution is -0.0950. The number of rotatable bonds is 5. The van der Waals surface area contributed by atoms with Gasteiger partial charge in [-0.25, -0.2) is 9.67 Å². The molecule has 1 aliphatic carbocycles. The third-order valence-electron chi connectivity index (χ3n) is 5.12. The van der Waals surface area contributed by atoms with Gasteiger partial charge in [0, 0.05) is 0 Å². The Balaban J connectivity index is 1.83. The summed E-state index contributed by atoms with van der Waals surface area (Å²) >= 11 is 0. The minimum absolute atomic E-state index is 0.221. The summed E-state index contributed by atoms with van der Waals surface area (Å²) in [4.78, 5) is 4.07. The Morgan fingerprint density at radius 2 is 1.95 bits per heavy atom. The molecular weight excluding hydrogens is 274 g/mol. The Labute approximate surface area is 132 Å². The molecule has 1 N–H and O–H groups in total. The second-order valence-corrected chi connectivity index (χ2v) is 7.35. The number of hydrogen-bond donors (Lipinski definition) is 1. The summed E-state index contributed by atoms with van der Waals surface area (Å²) in [5, 5.41) is 15.5. The summed E-state index contributed by atoms with van der Waals surface area (Å²) in [5.41, 5.74) is 2.02. The number of aliphatic hydroxyl groups excluding tert-OH is 1. The standard InChI is InChI=1S/C18H25N3O/c1-14-5-7-15(8-6-14)11-17(2,3)16(22)18(9-4-10-18)21-13-19-12-20-21/h5-8,12-13,16,22H,4,9-11H2,1-3H3. The molecule has 4 nitrogen and oxygen atoms in total. The van der Waals surface area contributed by atoms with Gasteiger partial charge in [0.05, 0.1) is 11.6 Å². The van der Waals surface area contributed by atoms with Gasteiger partial charge in [-0.05, 0) is 43.6 Å². The maximum Gasteiger partial charge on any atom is 0.137 e. The molecule has 0 bridgehead atoms. The monoisotopic (exact) mass is 299 g/mol. The number of benzene rings is 1. The van der Waals surface area contributed by atoms with Gasteiger partial charge in [-0.15, -0.1) is 0 Å². The first-order valence-corrected chi connectivity index (χ1v) is 8.03. The van der Waals surface area contributed by atoms with Crippen molar-refractivity contribution in [3.63, 3.8) is 0 Å². The highest BCUT2D eigenvalue weighted by Crippen LogP contribution is 2.47. The highest BCUT2D eigenvalue weighted by atomic mass is 16.3. The van der Waals surface area contributed by atoms with Crippen LogP contribution in [0.3, 0.4) is 0 Å². The normalized spacial score (nSPS) is 18.7. The molecule has 2 aromatic rings. The van der Waals surface area contributed by atoms with Crippen LogP contribution in [0.2, 0.25) is 0 Å². The topological polar surface area (TPSA) is 50.9 Å². The van der Waals surface area contributed by atoms with Crippen molar-refractivity contribution < 1.29 is 5.11 Å². The van der Waals surface area contributed by atoms with Crippen LogP contribution in [-0.2, 0) is 12.0 Å². The van der Waals surface area contributed by atoms with Crippen molar-refractivity contribution >= 4 is 0 Å². The second-order valence-electron chi connectivity index (χ2n) is 7.35. The Bertz CT molecular complexity index is 612. The number of aliphatic hydroxyl groups is 1. The van der Waals surface area contributed by atoms with E-state index in [0.717, 1.165) is 25.7 Å². The van der Waals surface area contributed by atoms with Crippen LogP contribution in [0.5, 0.6) is 0 Å². The highest BCUT2D eigenvalue weighted by Gasteiger charge is 2.51. The molecule has 0 radical (unpaired) electrons. The van der Waals surface area contributed by atoms with E-state index in [4.69, 9.17) is 0 Å². The van der Waals surface area contributed by atoms with E-state index >= 15 is 0 Å². The van der Waals surface area contributed by atoms with Crippen molar-refractivity contribution in [1.82, 2.24) is 14.8 Å². The molecule has 1 atom stereocenters. The molecule has 4 heteroatoms. The van der Waals surface area contributed by atoms with Crippen LogP contribution in [0.25, 0.3) is 0 Å². The van der Waals surface area contributed by atoms with Gasteiger partial charge in [0.2, 0.25) is 0 Å². The molecule has 1 aliphatic rings. The van der Waals surface area contributed by atoms with Gasteiger partial charge in [0.15, 0.2) is 0 Å². The van der Waals surface area contributed by atoms with Crippen molar-refractivity contribution in [2.24, 2.45) is 5.41 Å². The molecule has 1 heterocycles. The Kier molecular flexibility index (Phi) is 3.81. The summed E-state index contributed by atoms with van der Waals surface area (Å²) in [6, 6.07) is 8.59. The zero-order chi connectivity index (χ0) is 15.8. The largest absolute Gasteiger partial charge is 0.390 e. The van der Waals surface area contributed by atoms with Crippen molar-refractivity contribution in [3.8, 4) is 0 Å². The van der Waals surface area contributed by atoms with Gasteiger partial charge in [-0.2, -0.15) is 5.10 Å². The van der Waals surface area contributed by atoms with Gasteiger partial charge < -0.3 is 5.11 Å². The Hall–Kier alpha value is -1.68. The van der Waals surface area contributed by atoms with Crippen LogP contribution in [0.15, 0.2) is 36.9 Å². The van der Waals surface area contributed by atoms with Crippen LogP contribution in [0.4, 0.5) is 0 Å². The lowest BCUT2D eigenvalue weighted by atomic mass is 9.63. The van der Waals surface area contributed by atoms with Crippen molar-refractivity contribution in [2.45, 2.75) is 58.1 Å². The van der Waals surface area contributed by atoms with Crippen molar-refractivity contribution in [1.29, 1.82) is 0 Å². The number of nitrogens with zero attached hydrogens (tertiary/aromatic N) is 3. The average molecular weight is 299 g/mol. The molecule has 0 amide bonds. The van der Waals surface area contributed by atoms with Crippen LogP contribution in [0.1, 0.15) is 44.2 Å². The van der Waals surface area contributed by atoms with Crippen LogP contribution in [0, 0.1) is 12.3 Å². The molecule has 22 heavy (non-hydrogen) atoms. The van der Waals surface area contributed by atoms with Crippen molar-refractivity contribution in [3.05, 3.63) is 48.0 Å². The molecule has 1 aromatic carbocycles. The predicted molar refractivity (Wildman–Crippen MR) is 86.5 cm³/mol. The number of aromatic nitrogens is 3. The van der Waals surface area contributed by atoms with Crippen LogP contribution >= 0.6 is 0 Å². The fourth-order valence-corrected chi connectivity index (χ4v) is 3.66. The molecule has 118 valence electrons. The Morgan fingerprint density at radius 1 is 1.27 bits per heavy atom. The quantitative estimate of drug-likeness (QED) is 0.923. The molecule has 0 spiro atoms. The van der Waals surface area contributed by atoms with E-state index in [9.17, 15) is 5.11 Å². The summed E-state index contributed by atoms with van der Waals surface area (Å²) < 4.78 is 1.87. The van der Waals surface area contributed by atoms with Gasteiger partial charge in [-0.1, -0.05) is 43.7 Å². The second kappa shape index (κ2) is 5.51. The molecule has 1 fully saturated rings. The van der Waals surface area contributed by atoms with E-state index < -0.39 is 6.10 Å². The van der Waals surface area contributed by atoms with Gasteiger partial charge in [-0.3, -0.25) is 0 Å². The maximum absolute atomic E-state index is 11.1. The van der Waals surface area contributed by atoms with E-state index in [2.05, 4.69) is 55.1 Å². The van der Waals surface area contributed by atoms with E-state index in [0.29, 0.717) is 0 Å². The molecule has 1 unspecified atom stereocenters. The predicted octanol–water partition coefficient (Wildman–Crippen LogP) is 3.10. The van der Waals surface area contributed by atoms with Gasteiger partial charge in [0.1, 0.15) is 12.7 Å². The smallest absolute Gasteiger partial charge is 0.137 e. The van der Waals surface area contributed by atoms with Gasteiger partial charge >= 0.3 is 0 Å². The van der Waals surface area contributed by atoms with E-state index in [1.165, 1.54) is 11.1 Å². The lowest BCUT2D eigenvalue weighted by Gasteiger charge is -2.50. The van der Waals surface area contributed by atoms with E-state index in [1.807, 2.05) is 4.68 Å². The first-order valence-electron chi connectivity index (χ1n) is 8.03. The zero-order valence-electron chi connectivity index (χ0n) is 13.7. The fraction of sp³-hybridized carbons (Fsp3) is 0.556. The SMILES string of the molecule is Cc1ccc(CC(C)(C)C(O)C2(n3cncn3)CCC2)cc1. The molecule has 0 aliphatic heterocycles. The molecule has 1 saturated carbocycles. The third kappa shape index (κ3) is 2.56. The fourth-order valence-electron chi connectivity index (χ4n) is 3.66. The summed E-state index contributed by atoms with van der Waals surface area (Å²) in [6.45, 7) is 6.39. The van der Waals surface area contributed by atoms with Crippen LogP contribution in [-0.4, -0.2) is 26.0 Å². The molecule has 1 aromatic heterocycles. The van der Waals surface area contributed by atoms with E-state index in [-0.39, 0.29) is 11.0 Å². The van der Waals surface area contributed by atoms with E-state index in [1.54, 1.807) is 12.7 Å². The molecular formula is C18H25N3O. The number of aryl methyl sites for hydroxylation is 1. The third-order valence-corrected chi connectivity index (χ3v) is 5.12. The lowest BCUT2D eigenvalue weighted by Crippen LogP contribution is -2.56. The summed E-state index contributed by atoms with van der Waals surface area (Å²) in [7, 11) is 0. The summed E-state index contributed by atoms with van der Waals surface area (Å²) in [5.74, 6) is 0. The summed E-state index contributed by atoms with van der Waals surface area (Å²) in [6.07, 6.45) is 6.77. The molecule has 0 saturated heterocycles. The van der Waals surface area contributed by atoms with Gasteiger partial charge in [0.25, 0.3) is 0 Å². The Morgan fingerprint density at radius 3 is 2.45 bits per heavy atom. The first kappa shape index (κ1) is 15.2. The number of hydrogen-bond acceptors (Lipinski definition) is 3. The highest BCUT2D eigenvalue weighted by molar-refractivity contribution is 5.23. The zero-order valence-corrected chi connectivity index (χ0v) is 13.7. The van der Waals surface area contributed by atoms with Crippen molar-refractivity contribution in [2.75, 3.05) is 0 Å².